The molecule has 4 heterocycles. The maximum absolute atomic E-state index is 13.7. The number of piperidine rings is 1. The summed E-state index contributed by atoms with van der Waals surface area (Å²) in [6, 6.07) is 10.6. The van der Waals surface area contributed by atoms with E-state index in [1.807, 2.05) is 4.90 Å². The number of aromatic nitrogens is 4. The molecule has 1 aliphatic rings. The van der Waals surface area contributed by atoms with Crippen LogP contribution in [0.4, 0.5) is 5.82 Å². The number of benzene rings is 1. The average molecular weight is 488 g/mol. The van der Waals surface area contributed by atoms with Crippen molar-refractivity contribution in [3.63, 3.8) is 0 Å². The lowest BCUT2D eigenvalue weighted by Crippen LogP contribution is -2.44. The molecule has 36 heavy (non-hydrogen) atoms. The molecule has 5 rings (SSSR count). The van der Waals surface area contributed by atoms with Crippen LogP contribution in [0.3, 0.4) is 0 Å². The number of nitrogens with zero attached hydrogens (tertiary/aromatic N) is 6. The molecule has 1 atom stereocenters. The minimum absolute atomic E-state index is 0.0489. The predicted molar refractivity (Wildman–Crippen MR) is 131 cm³/mol. The van der Waals surface area contributed by atoms with Crippen LogP contribution in [-0.4, -0.2) is 51.3 Å². The molecule has 2 N–H and O–H groups in total. The van der Waals surface area contributed by atoms with Crippen molar-refractivity contribution in [1.29, 1.82) is 5.26 Å². The highest BCUT2D eigenvalue weighted by atomic mass is 16.5. The molecule has 0 bridgehead atoms. The van der Waals surface area contributed by atoms with Crippen LogP contribution in [0.2, 0.25) is 0 Å². The highest BCUT2D eigenvalue weighted by Crippen LogP contribution is 2.32. The monoisotopic (exact) mass is 487 g/mol. The van der Waals surface area contributed by atoms with E-state index in [9.17, 15) is 14.9 Å². The van der Waals surface area contributed by atoms with Gasteiger partial charge in [0.25, 0.3) is 5.56 Å². The number of anilines is 1. The van der Waals surface area contributed by atoms with Crippen molar-refractivity contribution in [2.24, 2.45) is 5.73 Å². The number of nitrogens with two attached hydrogens (primary N) is 1. The lowest BCUT2D eigenvalue weighted by molar-refractivity contribution is 0.0970. The zero-order valence-corrected chi connectivity index (χ0v) is 19.8. The first-order valence-corrected chi connectivity index (χ1v) is 11.6. The summed E-state index contributed by atoms with van der Waals surface area (Å²) in [5.41, 5.74) is 7.01. The maximum atomic E-state index is 13.7. The average Bonchev–Trinajstić information content (AvgIpc) is 3.52. The number of carbonyl (C=O) groups excluding carboxylic acids is 1. The fraction of sp³-hybridized carbons (Fsp3) is 0.320. The van der Waals surface area contributed by atoms with Crippen molar-refractivity contribution in [2.75, 3.05) is 25.1 Å². The Labute approximate surface area is 206 Å². The summed E-state index contributed by atoms with van der Waals surface area (Å²) in [6.07, 6.45) is 4.58. The molecule has 0 aliphatic carbocycles. The number of ether oxygens (including phenoxy) is 1. The Morgan fingerprint density at radius 3 is 2.94 bits per heavy atom. The summed E-state index contributed by atoms with van der Waals surface area (Å²) in [5.74, 6) is 1.36. The standard InChI is InChI=1S/C25H25N7O4/c1-35-18-6-2-4-16(10-18)21(33)14-31-15-28-22-20(11-26)24(30-9-3-5-17(27)12-30)32(23(22)25(31)34)13-19-7-8-29-36-19/h2,4,6-8,10,15,17H,3,5,9,12-14,27H2,1H3/t17-/m1/s1. The van der Waals surface area contributed by atoms with Gasteiger partial charge in [-0.3, -0.25) is 14.2 Å². The van der Waals surface area contributed by atoms with E-state index < -0.39 is 5.56 Å². The van der Waals surface area contributed by atoms with Gasteiger partial charge in [-0.15, -0.1) is 0 Å². The molecule has 11 heteroatoms. The summed E-state index contributed by atoms with van der Waals surface area (Å²) in [5, 5.41) is 13.9. The number of nitriles is 1. The minimum Gasteiger partial charge on any atom is -0.497 e. The lowest BCUT2D eigenvalue weighted by Gasteiger charge is -2.33. The quantitative estimate of drug-likeness (QED) is 0.386. The Morgan fingerprint density at radius 2 is 2.22 bits per heavy atom. The summed E-state index contributed by atoms with van der Waals surface area (Å²) in [6.45, 7) is 1.19. The first-order chi connectivity index (χ1) is 17.5. The molecule has 3 aromatic heterocycles. The molecule has 0 radical (unpaired) electrons. The van der Waals surface area contributed by atoms with Crippen LogP contribution in [-0.2, 0) is 13.1 Å². The summed E-state index contributed by atoms with van der Waals surface area (Å²) in [7, 11) is 1.52. The SMILES string of the molecule is COc1cccc(C(=O)Cn2cnc3c(C#N)c(N4CCC[C@@H](N)C4)n(Cc4ccno4)c3c2=O)c1. The Morgan fingerprint density at radius 1 is 1.36 bits per heavy atom. The summed E-state index contributed by atoms with van der Waals surface area (Å²) >= 11 is 0. The number of hydrogen-bond acceptors (Lipinski definition) is 9. The number of fused-ring (bicyclic) bond motifs is 1. The molecule has 0 unspecified atom stereocenters. The van der Waals surface area contributed by atoms with E-state index in [0.29, 0.717) is 41.5 Å². The first kappa shape index (κ1) is 23.3. The van der Waals surface area contributed by atoms with Gasteiger partial charge in [0.1, 0.15) is 34.2 Å². The Kier molecular flexibility index (Phi) is 6.26. The number of carbonyl (C=O) groups is 1. The largest absolute Gasteiger partial charge is 0.497 e. The third-order valence-corrected chi connectivity index (χ3v) is 6.38. The van der Waals surface area contributed by atoms with E-state index >= 15 is 0 Å². The predicted octanol–water partition coefficient (Wildman–Crippen LogP) is 1.92. The van der Waals surface area contributed by atoms with Crippen LogP contribution in [0.15, 0.2) is 52.2 Å². The molecule has 11 nitrogen and oxygen atoms in total. The minimum atomic E-state index is -0.431. The van der Waals surface area contributed by atoms with Gasteiger partial charge >= 0.3 is 0 Å². The first-order valence-electron chi connectivity index (χ1n) is 11.6. The molecule has 0 spiro atoms. The van der Waals surface area contributed by atoms with Gasteiger partial charge in [0, 0.05) is 30.8 Å². The second kappa shape index (κ2) is 9.67. The molecule has 1 saturated heterocycles. The van der Waals surface area contributed by atoms with Gasteiger partial charge in [0.05, 0.1) is 32.7 Å². The third kappa shape index (κ3) is 4.23. The summed E-state index contributed by atoms with van der Waals surface area (Å²) in [4.78, 5) is 33.2. The number of methoxy groups -OCH3 is 1. The molecule has 1 aliphatic heterocycles. The zero-order chi connectivity index (χ0) is 25.2. The molecule has 4 aromatic rings. The van der Waals surface area contributed by atoms with Gasteiger partial charge in [-0.25, -0.2) is 4.98 Å². The lowest BCUT2D eigenvalue weighted by atomic mass is 10.1. The van der Waals surface area contributed by atoms with Gasteiger partial charge in [0.15, 0.2) is 11.5 Å². The van der Waals surface area contributed by atoms with Crippen molar-refractivity contribution in [3.8, 4) is 11.8 Å². The molecule has 1 fully saturated rings. The number of Topliss-reactive ketones (excluding diaryl/α,β-unsaturated/α-hetero) is 1. The Balaban J connectivity index is 1.63. The van der Waals surface area contributed by atoms with Crippen molar-refractivity contribution in [3.05, 3.63) is 70.1 Å². The molecule has 0 saturated carbocycles. The number of ketones is 1. The highest BCUT2D eigenvalue weighted by Gasteiger charge is 2.29. The Bertz CT molecular complexity index is 1510. The van der Waals surface area contributed by atoms with Crippen LogP contribution < -0.4 is 20.9 Å². The normalized spacial score (nSPS) is 15.7. The van der Waals surface area contributed by atoms with E-state index in [1.165, 1.54) is 24.2 Å². The topological polar surface area (TPSA) is 145 Å². The van der Waals surface area contributed by atoms with Crippen LogP contribution in [0, 0.1) is 11.3 Å². The number of hydrogen-bond donors (Lipinski definition) is 1. The zero-order valence-electron chi connectivity index (χ0n) is 19.8. The second-order valence-electron chi connectivity index (χ2n) is 8.75. The van der Waals surface area contributed by atoms with Crippen molar-refractivity contribution in [2.45, 2.75) is 32.0 Å². The van der Waals surface area contributed by atoms with Crippen molar-refractivity contribution >= 4 is 22.6 Å². The Hall–Kier alpha value is -4.43. The molecule has 1 aromatic carbocycles. The van der Waals surface area contributed by atoms with Crippen molar-refractivity contribution in [1.82, 2.24) is 19.3 Å². The second-order valence-corrected chi connectivity index (χ2v) is 8.75. The van der Waals surface area contributed by atoms with Gasteiger partial charge in [-0.05, 0) is 25.0 Å². The number of rotatable bonds is 7. The van der Waals surface area contributed by atoms with Crippen molar-refractivity contribution < 1.29 is 14.1 Å². The van der Waals surface area contributed by atoms with E-state index in [1.54, 1.807) is 34.9 Å². The van der Waals surface area contributed by atoms with Gasteiger partial charge < -0.3 is 24.5 Å². The van der Waals surface area contributed by atoms with E-state index in [-0.39, 0.29) is 35.9 Å². The van der Waals surface area contributed by atoms with Gasteiger partial charge in [-0.2, -0.15) is 5.26 Å². The van der Waals surface area contributed by atoms with Crippen LogP contribution >= 0.6 is 0 Å². The fourth-order valence-electron chi connectivity index (χ4n) is 4.67. The smallest absolute Gasteiger partial charge is 0.278 e. The third-order valence-electron chi connectivity index (χ3n) is 6.38. The van der Waals surface area contributed by atoms with E-state index in [2.05, 4.69) is 16.2 Å². The van der Waals surface area contributed by atoms with Gasteiger partial charge in [-0.1, -0.05) is 17.3 Å². The van der Waals surface area contributed by atoms with Gasteiger partial charge in [0.2, 0.25) is 0 Å². The molecule has 184 valence electrons. The molecule has 0 amide bonds. The summed E-state index contributed by atoms with van der Waals surface area (Å²) < 4.78 is 13.5. The molecular weight excluding hydrogens is 462 g/mol. The van der Waals surface area contributed by atoms with Crippen LogP contribution in [0.25, 0.3) is 11.0 Å². The van der Waals surface area contributed by atoms with Crippen LogP contribution in [0.1, 0.15) is 34.5 Å². The van der Waals surface area contributed by atoms with E-state index in [0.717, 1.165) is 12.8 Å². The highest BCUT2D eigenvalue weighted by molar-refractivity contribution is 5.96. The molecular formula is C25H25N7O4. The maximum Gasteiger partial charge on any atom is 0.278 e. The van der Waals surface area contributed by atoms with Crippen LogP contribution in [0.5, 0.6) is 5.75 Å². The fourth-order valence-corrected chi connectivity index (χ4v) is 4.67. The van der Waals surface area contributed by atoms with E-state index in [4.69, 9.17) is 15.0 Å².